The first-order valence-corrected chi connectivity index (χ1v) is 6.34. The summed E-state index contributed by atoms with van der Waals surface area (Å²) in [6.07, 6.45) is 0.807. The smallest absolute Gasteiger partial charge is 0.318 e. The summed E-state index contributed by atoms with van der Waals surface area (Å²) in [5.41, 5.74) is 7.76. The number of rotatable bonds is 5. The van der Waals surface area contributed by atoms with Crippen molar-refractivity contribution >= 4 is 23.9 Å². The number of nitrogens with zero attached hydrogens (tertiary/aromatic N) is 1. The van der Waals surface area contributed by atoms with Gasteiger partial charge in [-0.25, -0.2) is 0 Å². The maximum Gasteiger partial charge on any atom is 0.318 e. The first kappa shape index (κ1) is 15.8. The Morgan fingerprint density at radius 3 is 2.65 bits per heavy atom. The monoisotopic (exact) mass is 277 g/mol. The van der Waals surface area contributed by atoms with Crippen molar-refractivity contribution in [1.29, 1.82) is 0 Å². The van der Waals surface area contributed by atoms with Gasteiger partial charge in [0.25, 0.3) is 0 Å². The molecular weight excluding hydrogens is 258 g/mol. The molecule has 0 aromatic heterocycles. The van der Waals surface area contributed by atoms with Gasteiger partial charge in [0, 0.05) is 12.2 Å². The number of hydrogen-bond donors (Lipinski definition) is 2. The second kappa shape index (κ2) is 7.40. The highest BCUT2D eigenvalue weighted by atomic mass is 16.2. The van der Waals surface area contributed by atoms with E-state index in [1.54, 1.807) is 12.1 Å². The van der Waals surface area contributed by atoms with Gasteiger partial charge in [-0.05, 0) is 44.0 Å². The molecule has 0 aliphatic heterocycles. The average Bonchev–Trinajstić information content (AvgIpc) is 2.44. The van der Waals surface area contributed by atoms with Crippen LogP contribution in [0.1, 0.15) is 17.5 Å². The Kier molecular flexibility index (Phi) is 5.86. The zero-order valence-corrected chi connectivity index (χ0v) is 11.7. The average molecular weight is 277 g/mol. The molecule has 6 heteroatoms. The second-order valence-electron chi connectivity index (χ2n) is 4.45. The molecule has 0 saturated carbocycles. The summed E-state index contributed by atoms with van der Waals surface area (Å²) in [6.45, 7) is 4.24. The molecule has 0 bridgehead atoms. The number of benzene rings is 1. The fraction of sp³-hybridized carbons (Fsp3) is 0.357. The highest BCUT2D eigenvalue weighted by molar-refractivity contribution is 6.41. The maximum absolute atomic E-state index is 11.8. The van der Waals surface area contributed by atoms with E-state index in [-0.39, 0.29) is 6.54 Å². The van der Waals surface area contributed by atoms with E-state index < -0.39 is 11.8 Å². The van der Waals surface area contributed by atoms with E-state index in [9.17, 15) is 14.4 Å². The molecule has 1 rings (SSSR count). The summed E-state index contributed by atoms with van der Waals surface area (Å²) in [4.78, 5) is 35.3. The number of hydrogen-bond acceptors (Lipinski definition) is 4. The van der Waals surface area contributed by atoms with E-state index >= 15 is 0 Å². The van der Waals surface area contributed by atoms with Crippen molar-refractivity contribution in [1.82, 2.24) is 4.90 Å². The minimum atomic E-state index is -0.880. The molecule has 3 N–H and O–H groups in total. The van der Waals surface area contributed by atoms with Gasteiger partial charge in [-0.1, -0.05) is 12.1 Å². The van der Waals surface area contributed by atoms with Crippen LogP contribution in [0.5, 0.6) is 0 Å². The third-order valence-electron chi connectivity index (χ3n) is 3.04. The number of aryl methyl sites for hydroxylation is 1. The Hall–Kier alpha value is -2.21. The molecular formula is C14H19N3O3. The molecule has 3 amide bonds. The van der Waals surface area contributed by atoms with Gasteiger partial charge < -0.3 is 11.1 Å². The van der Waals surface area contributed by atoms with E-state index in [2.05, 4.69) is 5.32 Å². The van der Waals surface area contributed by atoms with Gasteiger partial charge in [-0.2, -0.15) is 0 Å². The van der Waals surface area contributed by atoms with E-state index in [1.807, 2.05) is 19.9 Å². The summed E-state index contributed by atoms with van der Waals surface area (Å²) in [6, 6.07) is 5.40. The molecule has 108 valence electrons. The van der Waals surface area contributed by atoms with Crippen molar-refractivity contribution in [3.05, 3.63) is 29.3 Å². The lowest BCUT2D eigenvalue weighted by Crippen LogP contribution is -2.40. The van der Waals surface area contributed by atoms with Crippen molar-refractivity contribution in [2.24, 2.45) is 5.73 Å². The van der Waals surface area contributed by atoms with E-state index in [1.165, 1.54) is 0 Å². The van der Waals surface area contributed by atoms with Gasteiger partial charge in [0.05, 0.1) is 0 Å². The number of nitrogens with one attached hydrogen (secondary N) is 1. The predicted molar refractivity (Wildman–Crippen MR) is 76.0 cm³/mol. The van der Waals surface area contributed by atoms with Gasteiger partial charge in [-0.15, -0.1) is 0 Å². The molecule has 0 spiro atoms. The van der Waals surface area contributed by atoms with Crippen molar-refractivity contribution in [3.63, 3.8) is 0 Å². The van der Waals surface area contributed by atoms with Crippen LogP contribution < -0.4 is 11.1 Å². The molecule has 0 atom stereocenters. The van der Waals surface area contributed by atoms with Crippen LogP contribution in [0.4, 0.5) is 5.69 Å². The lowest BCUT2D eigenvalue weighted by molar-refractivity contribution is -0.146. The number of anilines is 1. The van der Waals surface area contributed by atoms with Gasteiger partial charge >= 0.3 is 11.8 Å². The summed E-state index contributed by atoms with van der Waals surface area (Å²) in [5, 5.41) is 2.52. The lowest BCUT2D eigenvalue weighted by atomic mass is 10.1. The van der Waals surface area contributed by atoms with E-state index in [4.69, 9.17) is 5.73 Å². The Labute approximate surface area is 117 Å². The Balaban J connectivity index is 2.77. The SMILES string of the molecule is Cc1cccc(NC(=O)C(=O)N(C=O)CCCN)c1C. The molecule has 0 fully saturated rings. The molecule has 20 heavy (non-hydrogen) atoms. The molecule has 1 aromatic carbocycles. The van der Waals surface area contributed by atoms with Crippen LogP contribution in [0.25, 0.3) is 0 Å². The molecule has 1 aromatic rings. The van der Waals surface area contributed by atoms with Crippen molar-refractivity contribution in [3.8, 4) is 0 Å². The normalized spacial score (nSPS) is 9.95. The summed E-state index contributed by atoms with van der Waals surface area (Å²) < 4.78 is 0. The fourth-order valence-electron chi connectivity index (χ4n) is 1.66. The van der Waals surface area contributed by atoms with Crippen LogP contribution in [0.15, 0.2) is 18.2 Å². The van der Waals surface area contributed by atoms with Gasteiger partial charge in [-0.3, -0.25) is 19.3 Å². The Morgan fingerprint density at radius 1 is 1.35 bits per heavy atom. The Morgan fingerprint density at radius 2 is 2.05 bits per heavy atom. The highest BCUT2D eigenvalue weighted by Crippen LogP contribution is 2.17. The quantitative estimate of drug-likeness (QED) is 0.608. The topological polar surface area (TPSA) is 92.5 Å². The third-order valence-corrected chi connectivity index (χ3v) is 3.04. The highest BCUT2D eigenvalue weighted by Gasteiger charge is 2.21. The van der Waals surface area contributed by atoms with Gasteiger partial charge in [0.15, 0.2) is 0 Å². The van der Waals surface area contributed by atoms with Crippen LogP contribution >= 0.6 is 0 Å². The fourth-order valence-corrected chi connectivity index (χ4v) is 1.66. The first-order chi connectivity index (χ1) is 9.51. The van der Waals surface area contributed by atoms with Crippen molar-refractivity contribution in [2.75, 3.05) is 18.4 Å². The third kappa shape index (κ3) is 3.89. The van der Waals surface area contributed by atoms with Crippen LogP contribution in [-0.4, -0.2) is 36.2 Å². The van der Waals surface area contributed by atoms with Gasteiger partial charge in [0.2, 0.25) is 6.41 Å². The number of amides is 3. The minimum Gasteiger partial charge on any atom is -0.330 e. The van der Waals surface area contributed by atoms with Crippen LogP contribution in [0.2, 0.25) is 0 Å². The van der Waals surface area contributed by atoms with Crippen LogP contribution in [-0.2, 0) is 14.4 Å². The van der Waals surface area contributed by atoms with Crippen LogP contribution in [0.3, 0.4) is 0 Å². The largest absolute Gasteiger partial charge is 0.330 e. The summed E-state index contributed by atoms with van der Waals surface area (Å²) >= 11 is 0. The lowest BCUT2D eigenvalue weighted by Gasteiger charge is -2.15. The molecule has 0 aliphatic carbocycles. The maximum atomic E-state index is 11.8. The molecule has 0 saturated heterocycles. The predicted octanol–water partition coefficient (Wildman–Crippen LogP) is 0.576. The first-order valence-electron chi connectivity index (χ1n) is 6.34. The number of carbonyl (C=O) groups excluding carboxylic acids is 3. The molecule has 0 aliphatic rings. The van der Waals surface area contributed by atoms with Crippen LogP contribution in [0, 0.1) is 13.8 Å². The minimum absolute atomic E-state index is 0.138. The van der Waals surface area contributed by atoms with Gasteiger partial charge in [0.1, 0.15) is 0 Å². The van der Waals surface area contributed by atoms with E-state index in [0.29, 0.717) is 25.1 Å². The molecule has 0 heterocycles. The zero-order chi connectivity index (χ0) is 15.1. The Bertz CT molecular complexity index is 514. The number of imide groups is 1. The van der Waals surface area contributed by atoms with Crippen molar-refractivity contribution < 1.29 is 14.4 Å². The molecule has 0 radical (unpaired) electrons. The summed E-state index contributed by atoms with van der Waals surface area (Å²) in [7, 11) is 0. The van der Waals surface area contributed by atoms with Crippen molar-refractivity contribution in [2.45, 2.75) is 20.3 Å². The number of carbonyl (C=O) groups is 3. The van der Waals surface area contributed by atoms with E-state index in [0.717, 1.165) is 16.0 Å². The second-order valence-corrected chi connectivity index (χ2v) is 4.45. The zero-order valence-electron chi connectivity index (χ0n) is 11.7. The molecule has 6 nitrogen and oxygen atoms in total. The molecule has 0 unspecified atom stereocenters. The summed E-state index contributed by atoms with van der Waals surface area (Å²) in [5.74, 6) is -1.71. The number of nitrogens with two attached hydrogens (primary N) is 1. The standard InChI is InChI=1S/C14H19N3O3/c1-10-5-3-6-12(11(10)2)16-13(19)14(20)17(9-18)8-4-7-15/h3,5-6,9H,4,7-8,15H2,1-2H3,(H,16,19).